The summed E-state index contributed by atoms with van der Waals surface area (Å²) in [6.07, 6.45) is 8.53. The molecule has 0 saturated heterocycles. The van der Waals surface area contributed by atoms with Gasteiger partial charge >= 0.3 is 7.82 Å². The minimum atomic E-state index is -4.60. The fourth-order valence-electron chi connectivity index (χ4n) is 3.76. The van der Waals surface area contributed by atoms with Crippen molar-refractivity contribution in [1.29, 1.82) is 0 Å². The highest BCUT2D eigenvalue weighted by Crippen LogP contribution is 2.48. The van der Waals surface area contributed by atoms with Crippen LogP contribution >= 0.6 is 7.82 Å². The Kier molecular flexibility index (Phi) is 6.18. The molecular weight excluding hydrogens is 347 g/mol. The third-order valence-electron chi connectivity index (χ3n) is 5.03. The van der Waals surface area contributed by atoms with Gasteiger partial charge in [0.05, 0.1) is 0 Å². The topological polar surface area (TPSA) is 66.8 Å². The van der Waals surface area contributed by atoms with Crippen LogP contribution < -0.4 is 4.52 Å². The Labute approximate surface area is 155 Å². The second kappa shape index (κ2) is 8.39. The molecule has 2 N–H and O–H groups in total. The standard InChI is InChI=1S/C21H27O4P/c1-2-3-4-5-6-7-10-16-13-14-19-18-12-9-8-11-17(18)15-20(19)21(16)25-26(22,23)24/h8-9,11-14H,2-7,10,15H2,1H3,(H2,22,23,24). The van der Waals surface area contributed by atoms with E-state index in [4.69, 9.17) is 4.52 Å². The van der Waals surface area contributed by atoms with E-state index in [0.29, 0.717) is 12.2 Å². The Balaban J connectivity index is 1.81. The normalized spacial score (nSPS) is 12.7. The maximum Gasteiger partial charge on any atom is 0.524 e. The minimum Gasteiger partial charge on any atom is -0.404 e. The van der Waals surface area contributed by atoms with E-state index in [-0.39, 0.29) is 0 Å². The van der Waals surface area contributed by atoms with Gasteiger partial charge in [0, 0.05) is 12.0 Å². The minimum absolute atomic E-state index is 0.389. The molecule has 0 bridgehead atoms. The Morgan fingerprint density at radius 1 is 0.962 bits per heavy atom. The van der Waals surface area contributed by atoms with E-state index in [1.165, 1.54) is 31.2 Å². The molecule has 0 spiro atoms. The predicted molar refractivity (Wildman–Crippen MR) is 104 cm³/mol. The number of fused-ring (bicyclic) bond motifs is 3. The molecule has 26 heavy (non-hydrogen) atoms. The lowest BCUT2D eigenvalue weighted by atomic mass is 9.98. The van der Waals surface area contributed by atoms with E-state index in [1.54, 1.807) is 0 Å². The summed E-state index contributed by atoms with van der Waals surface area (Å²) in [5.74, 6) is 0.389. The first-order valence-electron chi connectivity index (χ1n) is 9.48. The smallest absolute Gasteiger partial charge is 0.404 e. The Bertz CT molecular complexity index is 810. The van der Waals surface area contributed by atoms with Crippen molar-refractivity contribution in [3.63, 3.8) is 0 Å². The van der Waals surface area contributed by atoms with Crippen LogP contribution in [0.5, 0.6) is 5.75 Å². The molecule has 4 nitrogen and oxygen atoms in total. The second-order valence-corrected chi connectivity index (χ2v) is 8.18. The molecule has 0 unspecified atom stereocenters. The first kappa shape index (κ1) is 19.2. The lowest BCUT2D eigenvalue weighted by Crippen LogP contribution is -2.00. The molecule has 2 aromatic carbocycles. The number of hydrogen-bond acceptors (Lipinski definition) is 2. The van der Waals surface area contributed by atoms with Crippen LogP contribution in [0.3, 0.4) is 0 Å². The van der Waals surface area contributed by atoms with Crippen LogP contribution in [-0.2, 0) is 17.4 Å². The van der Waals surface area contributed by atoms with Crippen molar-refractivity contribution in [1.82, 2.24) is 0 Å². The van der Waals surface area contributed by atoms with Crippen molar-refractivity contribution in [2.45, 2.75) is 58.3 Å². The molecular formula is C21H27O4P. The van der Waals surface area contributed by atoms with Crippen LogP contribution in [0.4, 0.5) is 0 Å². The van der Waals surface area contributed by atoms with Crippen molar-refractivity contribution in [3.05, 3.63) is 53.1 Å². The van der Waals surface area contributed by atoms with E-state index in [0.717, 1.165) is 41.5 Å². The Morgan fingerprint density at radius 2 is 1.69 bits per heavy atom. The van der Waals surface area contributed by atoms with Crippen molar-refractivity contribution in [2.75, 3.05) is 0 Å². The number of unbranched alkanes of at least 4 members (excludes halogenated alkanes) is 5. The number of phosphoric acid groups is 1. The van der Waals surface area contributed by atoms with Gasteiger partial charge in [-0.25, -0.2) is 4.57 Å². The van der Waals surface area contributed by atoms with Gasteiger partial charge in [0.2, 0.25) is 0 Å². The average molecular weight is 374 g/mol. The van der Waals surface area contributed by atoms with E-state index in [2.05, 4.69) is 25.1 Å². The molecule has 5 heteroatoms. The van der Waals surface area contributed by atoms with Crippen molar-refractivity contribution in [2.24, 2.45) is 0 Å². The summed E-state index contributed by atoms with van der Waals surface area (Å²) in [6.45, 7) is 2.20. The van der Waals surface area contributed by atoms with E-state index >= 15 is 0 Å². The monoisotopic (exact) mass is 374 g/mol. The summed E-state index contributed by atoms with van der Waals surface area (Å²) in [5.41, 5.74) is 5.13. The third-order valence-corrected chi connectivity index (χ3v) is 5.45. The van der Waals surface area contributed by atoms with Crippen LogP contribution in [0.1, 0.15) is 62.1 Å². The number of benzene rings is 2. The van der Waals surface area contributed by atoms with Gasteiger partial charge in [-0.2, -0.15) is 0 Å². The zero-order valence-electron chi connectivity index (χ0n) is 15.3. The maximum atomic E-state index is 11.5. The number of phosphoric ester groups is 1. The largest absolute Gasteiger partial charge is 0.524 e. The molecule has 2 aromatic rings. The van der Waals surface area contributed by atoms with Crippen LogP contribution in [0.2, 0.25) is 0 Å². The predicted octanol–water partition coefficient (Wildman–Crippen LogP) is 5.63. The zero-order chi connectivity index (χ0) is 18.6. The van der Waals surface area contributed by atoms with Crippen molar-refractivity contribution < 1.29 is 18.9 Å². The molecule has 0 atom stereocenters. The Morgan fingerprint density at radius 3 is 2.46 bits per heavy atom. The fourth-order valence-corrected chi connectivity index (χ4v) is 4.22. The molecule has 3 rings (SSSR count). The summed E-state index contributed by atoms with van der Waals surface area (Å²) in [7, 11) is -4.60. The molecule has 0 fully saturated rings. The summed E-state index contributed by atoms with van der Waals surface area (Å²) in [6, 6.07) is 12.1. The molecule has 0 aromatic heterocycles. The summed E-state index contributed by atoms with van der Waals surface area (Å²) < 4.78 is 16.7. The number of aryl methyl sites for hydroxylation is 1. The van der Waals surface area contributed by atoms with Gasteiger partial charge < -0.3 is 4.52 Å². The first-order valence-corrected chi connectivity index (χ1v) is 11.0. The lowest BCUT2D eigenvalue weighted by Gasteiger charge is -2.16. The highest BCUT2D eigenvalue weighted by atomic mass is 31.2. The lowest BCUT2D eigenvalue weighted by molar-refractivity contribution is 0.281. The molecule has 140 valence electrons. The highest BCUT2D eigenvalue weighted by Gasteiger charge is 2.27. The van der Waals surface area contributed by atoms with Crippen molar-refractivity contribution >= 4 is 7.82 Å². The third kappa shape index (κ3) is 4.56. The molecule has 0 amide bonds. The van der Waals surface area contributed by atoms with Gasteiger partial charge in [-0.15, -0.1) is 0 Å². The van der Waals surface area contributed by atoms with Crippen molar-refractivity contribution in [3.8, 4) is 16.9 Å². The van der Waals surface area contributed by atoms with Gasteiger partial charge in [-0.05, 0) is 35.1 Å². The number of hydrogen-bond donors (Lipinski definition) is 2. The van der Waals surface area contributed by atoms with E-state index in [1.807, 2.05) is 18.2 Å². The zero-order valence-corrected chi connectivity index (χ0v) is 16.2. The first-order chi connectivity index (χ1) is 12.5. The molecule has 0 saturated carbocycles. The quantitative estimate of drug-likeness (QED) is 0.376. The summed E-state index contributed by atoms with van der Waals surface area (Å²) >= 11 is 0. The molecule has 0 radical (unpaired) electrons. The van der Waals surface area contributed by atoms with E-state index in [9.17, 15) is 14.4 Å². The van der Waals surface area contributed by atoms with Gasteiger partial charge in [0.25, 0.3) is 0 Å². The van der Waals surface area contributed by atoms with Crippen LogP contribution in [0.15, 0.2) is 36.4 Å². The number of rotatable bonds is 9. The SMILES string of the molecule is CCCCCCCCc1ccc2c(c1OP(=O)(O)O)Cc1ccccc1-2. The molecule has 0 aliphatic heterocycles. The van der Waals surface area contributed by atoms with Crippen LogP contribution in [0, 0.1) is 0 Å². The fraction of sp³-hybridized carbons (Fsp3) is 0.429. The Hall–Kier alpha value is -1.61. The molecule has 1 aliphatic rings. The van der Waals surface area contributed by atoms with Gasteiger partial charge in [-0.3, -0.25) is 9.79 Å². The van der Waals surface area contributed by atoms with Gasteiger partial charge in [-0.1, -0.05) is 75.4 Å². The van der Waals surface area contributed by atoms with E-state index < -0.39 is 7.82 Å². The average Bonchev–Trinajstić information content (AvgIpc) is 2.97. The second-order valence-electron chi connectivity index (χ2n) is 7.01. The van der Waals surface area contributed by atoms with Crippen LogP contribution in [0.25, 0.3) is 11.1 Å². The van der Waals surface area contributed by atoms with Gasteiger partial charge in [0.1, 0.15) is 5.75 Å². The van der Waals surface area contributed by atoms with Crippen LogP contribution in [-0.4, -0.2) is 9.79 Å². The highest BCUT2D eigenvalue weighted by molar-refractivity contribution is 7.46. The summed E-state index contributed by atoms with van der Waals surface area (Å²) in [4.78, 5) is 18.8. The maximum absolute atomic E-state index is 11.5. The molecule has 0 heterocycles. The van der Waals surface area contributed by atoms with Gasteiger partial charge in [0.15, 0.2) is 0 Å². The molecule has 1 aliphatic carbocycles. The summed E-state index contributed by atoms with van der Waals surface area (Å²) in [5, 5.41) is 0.